The SMILES string of the molecule is C[C@H](c1nc2ccccc2n1CC(=O)N1CCCCCC1)N1CCCCC1. The van der Waals surface area contributed by atoms with E-state index in [9.17, 15) is 4.79 Å². The van der Waals surface area contributed by atoms with Crippen LogP contribution in [0.4, 0.5) is 0 Å². The van der Waals surface area contributed by atoms with Gasteiger partial charge in [-0.05, 0) is 57.8 Å². The van der Waals surface area contributed by atoms with Crippen molar-refractivity contribution in [3.05, 3.63) is 30.1 Å². The molecular weight excluding hydrogens is 336 g/mol. The van der Waals surface area contributed by atoms with E-state index < -0.39 is 0 Å². The van der Waals surface area contributed by atoms with Gasteiger partial charge in [-0.2, -0.15) is 0 Å². The fourth-order valence-electron chi connectivity index (χ4n) is 4.60. The Balaban J connectivity index is 1.62. The molecule has 1 aromatic carbocycles. The lowest BCUT2D eigenvalue weighted by Gasteiger charge is -2.32. The third-order valence-electron chi connectivity index (χ3n) is 6.25. The molecule has 2 saturated heterocycles. The van der Waals surface area contributed by atoms with E-state index in [1.54, 1.807) is 0 Å². The zero-order chi connectivity index (χ0) is 18.6. The van der Waals surface area contributed by atoms with Crippen molar-refractivity contribution in [3.8, 4) is 0 Å². The van der Waals surface area contributed by atoms with Crippen LogP contribution in [0.1, 0.15) is 63.7 Å². The molecule has 0 unspecified atom stereocenters. The van der Waals surface area contributed by atoms with Crippen LogP contribution in [0.25, 0.3) is 11.0 Å². The van der Waals surface area contributed by atoms with Crippen LogP contribution in [-0.2, 0) is 11.3 Å². The number of rotatable bonds is 4. The minimum Gasteiger partial charge on any atom is -0.341 e. The van der Waals surface area contributed by atoms with Gasteiger partial charge in [0.05, 0.1) is 17.1 Å². The van der Waals surface area contributed by atoms with Gasteiger partial charge in [0.15, 0.2) is 0 Å². The Labute approximate surface area is 162 Å². The number of carbonyl (C=O) groups is 1. The van der Waals surface area contributed by atoms with Crippen LogP contribution >= 0.6 is 0 Å². The molecule has 0 bridgehead atoms. The number of nitrogens with zero attached hydrogens (tertiary/aromatic N) is 4. The first-order valence-corrected chi connectivity index (χ1v) is 10.7. The molecule has 3 heterocycles. The van der Waals surface area contributed by atoms with Gasteiger partial charge < -0.3 is 9.47 Å². The van der Waals surface area contributed by atoms with Crippen molar-refractivity contribution in [2.75, 3.05) is 26.2 Å². The molecule has 4 rings (SSSR count). The summed E-state index contributed by atoms with van der Waals surface area (Å²) in [7, 11) is 0. The van der Waals surface area contributed by atoms with E-state index in [0.717, 1.165) is 55.9 Å². The predicted octanol–water partition coefficient (Wildman–Crippen LogP) is 3.99. The summed E-state index contributed by atoms with van der Waals surface area (Å²) in [4.78, 5) is 22.6. The minimum atomic E-state index is 0.243. The molecule has 1 amide bonds. The molecule has 2 fully saturated rings. The lowest BCUT2D eigenvalue weighted by Crippen LogP contribution is -2.37. The van der Waals surface area contributed by atoms with Gasteiger partial charge in [-0.25, -0.2) is 4.98 Å². The molecule has 0 spiro atoms. The molecule has 5 nitrogen and oxygen atoms in total. The van der Waals surface area contributed by atoms with E-state index >= 15 is 0 Å². The number of piperidine rings is 1. The Kier molecular flexibility index (Phi) is 5.77. The molecular formula is C22H32N4O. The number of carbonyl (C=O) groups excluding carboxylic acids is 1. The number of para-hydroxylation sites is 2. The largest absolute Gasteiger partial charge is 0.341 e. The summed E-state index contributed by atoms with van der Waals surface area (Å²) in [6.07, 6.45) is 8.60. The molecule has 0 N–H and O–H groups in total. The number of fused-ring (bicyclic) bond motifs is 1. The van der Waals surface area contributed by atoms with Crippen molar-refractivity contribution < 1.29 is 4.79 Å². The van der Waals surface area contributed by atoms with Crippen molar-refractivity contribution in [2.24, 2.45) is 0 Å². The molecule has 5 heteroatoms. The van der Waals surface area contributed by atoms with Crippen molar-refractivity contribution in [3.63, 3.8) is 0 Å². The molecule has 0 radical (unpaired) electrons. The van der Waals surface area contributed by atoms with Crippen LogP contribution in [-0.4, -0.2) is 51.4 Å². The summed E-state index contributed by atoms with van der Waals surface area (Å²) in [5.74, 6) is 1.29. The second kappa shape index (κ2) is 8.42. The van der Waals surface area contributed by atoms with Gasteiger partial charge in [-0.15, -0.1) is 0 Å². The van der Waals surface area contributed by atoms with Crippen LogP contribution in [0.3, 0.4) is 0 Å². The lowest BCUT2D eigenvalue weighted by molar-refractivity contribution is -0.131. The van der Waals surface area contributed by atoms with E-state index in [-0.39, 0.29) is 11.9 Å². The summed E-state index contributed by atoms with van der Waals surface area (Å²) in [5.41, 5.74) is 2.08. The van der Waals surface area contributed by atoms with E-state index in [1.807, 2.05) is 12.1 Å². The van der Waals surface area contributed by atoms with Crippen LogP contribution in [0.15, 0.2) is 24.3 Å². The average molecular weight is 369 g/mol. The first kappa shape index (κ1) is 18.5. The smallest absolute Gasteiger partial charge is 0.242 e. The maximum Gasteiger partial charge on any atom is 0.242 e. The number of aromatic nitrogens is 2. The monoisotopic (exact) mass is 368 g/mol. The molecule has 146 valence electrons. The van der Waals surface area contributed by atoms with Crippen LogP contribution in [0.5, 0.6) is 0 Å². The molecule has 1 aromatic heterocycles. The summed E-state index contributed by atoms with van der Waals surface area (Å²) >= 11 is 0. The Morgan fingerprint density at radius 1 is 0.963 bits per heavy atom. The second-order valence-electron chi connectivity index (χ2n) is 8.11. The lowest BCUT2D eigenvalue weighted by atomic mass is 10.1. The number of hydrogen-bond donors (Lipinski definition) is 0. The first-order chi connectivity index (χ1) is 13.2. The topological polar surface area (TPSA) is 41.4 Å². The molecule has 2 aliphatic heterocycles. The fourth-order valence-corrected chi connectivity index (χ4v) is 4.60. The Morgan fingerprint density at radius 2 is 1.59 bits per heavy atom. The van der Waals surface area contributed by atoms with Crippen molar-refractivity contribution in [1.29, 1.82) is 0 Å². The highest BCUT2D eigenvalue weighted by Gasteiger charge is 2.25. The maximum atomic E-state index is 13.1. The quantitative estimate of drug-likeness (QED) is 0.819. The van der Waals surface area contributed by atoms with Gasteiger partial charge in [0.25, 0.3) is 0 Å². The van der Waals surface area contributed by atoms with Gasteiger partial charge in [0.2, 0.25) is 5.91 Å². The normalized spacial score (nSPS) is 20.6. The van der Waals surface area contributed by atoms with Crippen molar-refractivity contribution >= 4 is 16.9 Å². The van der Waals surface area contributed by atoms with Gasteiger partial charge in [0.1, 0.15) is 12.4 Å². The highest BCUT2D eigenvalue weighted by Crippen LogP contribution is 2.27. The van der Waals surface area contributed by atoms with Crippen molar-refractivity contribution in [1.82, 2.24) is 19.4 Å². The average Bonchev–Trinajstić information content (AvgIpc) is 2.88. The van der Waals surface area contributed by atoms with E-state index in [2.05, 4.69) is 33.4 Å². The van der Waals surface area contributed by atoms with Crippen LogP contribution < -0.4 is 0 Å². The highest BCUT2D eigenvalue weighted by atomic mass is 16.2. The number of benzene rings is 1. The van der Waals surface area contributed by atoms with Gasteiger partial charge in [-0.3, -0.25) is 9.69 Å². The third-order valence-corrected chi connectivity index (χ3v) is 6.25. The zero-order valence-corrected chi connectivity index (χ0v) is 16.6. The Hall–Kier alpha value is -1.88. The summed E-state index contributed by atoms with van der Waals surface area (Å²) in [5, 5.41) is 0. The number of likely N-dealkylation sites (tertiary alicyclic amines) is 2. The van der Waals surface area contributed by atoms with Crippen molar-refractivity contribution in [2.45, 2.75) is 64.5 Å². The van der Waals surface area contributed by atoms with E-state index in [4.69, 9.17) is 4.98 Å². The predicted molar refractivity (Wildman–Crippen MR) is 109 cm³/mol. The molecule has 0 saturated carbocycles. The molecule has 27 heavy (non-hydrogen) atoms. The second-order valence-corrected chi connectivity index (χ2v) is 8.11. The summed E-state index contributed by atoms with van der Waals surface area (Å²) in [6, 6.07) is 8.49. The maximum absolute atomic E-state index is 13.1. The molecule has 1 atom stereocenters. The van der Waals surface area contributed by atoms with Crippen LogP contribution in [0.2, 0.25) is 0 Å². The fraction of sp³-hybridized carbons (Fsp3) is 0.636. The van der Waals surface area contributed by atoms with E-state index in [1.165, 1.54) is 32.1 Å². The van der Waals surface area contributed by atoms with Gasteiger partial charge in [0, 0.05) is 13.1 Å². The Morgan fingerprint density at radius 3 is 2.33 bits per heavy atom. The molecule has 2 aliphatic rings. The number of hydrogen-bond acceptors (Lipinski definition) is 3. The standard InChI is InChI=1S/C22H32N4O/c1-18(24-13-9-4-10-14-24)22-23-19-11-5-6-12-20(19)26(22)17-21(27)25-15-7-2-3-8-16-25/h5-6,11-12,18H,2-4,7-10,13-17H2,1H3/t18-/m1/s1. The first-order valence-electron chi connectivity index (χ1n) is 10.7. The number of imidazole rings is 1. The number of amides is 1. The van der Waals surface area contributed by atoms with Gasteiger partial charge in [-0.1, -0.05) is 31.4 Å². The van der Waals surface area contributed by atoms with E-state index in [0.29, 0.717) is 6.54 Å². The van der Waals surface area contributed by atoms with Gasteiger partial charge >= 0.3 is 0 Å². The summed E-state index contributed by atoms with van der Waals surface area (Å²) in [6.45, 7) is 6.73. The highest BCUT2D eigenvalue weighted by molar-refractivity contribution is 5.81. The molecule has 2 aromatic rings. The molecule has 0 aliphatic carbocycles. The minimum absolute atomic E-state index is 0.243. The zero-order valence-electron chi connectivity index (χ0n) is 16.6. The Bertz CT molecular complexity index is 770. The van der Waals surface area contributed by atoms with Crippen LogP contribution in [0, 0.1) is 0 Å². The third kappa shape index (κ3) is 4.03. The summed E-state index contributed by atoms with van der Waals surface area (Å²) < 4.78 is 2.18.